The maximum Gasteiger partial charge on any atom is 0.264 e. The highest BCUT2D eigenvalue weighted by atomic mass is 35.5. The number of anilines is 1. The number of hydrogen-bond donors (Lipinski definition) is 1. The van der Waals surface area contributed by atoms with Crippen LogP contribution in [0.1, 0.15) is 5.56 Å². The van der Waals surface area contributed by atoms with Crippen molar-refractivity contribution in [1.82, 2.24) is 0 Å². The van der Waals surface area contributed by atoms with Crippen LogP contribution in [0.25, 0.3) is 4.85 Å². The van der Waals surface area contributed by atoms with Gasteiger partial charge in [-0.2, -0.15) is 0 Å². The summed E-state index contributed by atoms with van der Waals surface area (Å²) in [6.45, 7) is 6.99. The van der Waals surface area contributed by atoms with E-state index in [-0.39, 0.29) is 23.1 Å². The smallest absolute Gasteiger partial charge is 0.264 e. The van der Waals surface area contributed by atoms with Crippen LogP contribution in [-0.4, -0.2) is 28.4 Å². The van der Waals surface area contributed by atoms with Crippen LogP contribution in [-0.2, 0) is 10.0 Å². The minimum atomic E-state index is -3.80. The van der Waals surface area contributed by atoms with Gasteiger partial charge < -0.3 is 10.5 Å². The van der Waals surface area contributed by atoms with Crippen molar-refractivity contribution in [3.8, 4) is 5.75 Å². The highest BCUT2D eigenvalue weighted by molar-refractivity contribution is 7.92. The van der Waals surface area contributed by atoms with Crippen molar-refractivity contribution in [1.29, 1.82) is 0 Å². The first-order valence-corrected chi connectivity index (χ1v) is 10.3. The molecule has 3 aromatic rings. The molecule has 2 N–H and O–H groups in total. The Morgan fingerprint density at radius 2 is 1.71 bits per heavy atom. The van der Waals surface area contributed by atoms with Gasteiger partial charge in [-0.1, -0.05) is 24.3 Å². The first-order valence-electron chi connectivity index (χ1n) is 8.90. The van der Waals surface area contributed by atoms with Crippen LogP contribution < -0.4 is 14.8 Å². The number of methoxy groups -OCH3 is 1. The lowest BCUT2D eigenvalue weighted by Gasteiger charge is -2.20. The second-order valence-corrected chi connectivity index (χ2v) is 8.29. The van der Waals surface area contributed by atoms with Gasteiger partial charge in [0.25, 0.3) is 10.0 Å². The second kappa shape index (κ2) is 9.98. The third-order valence-electron chi connectivity index (χ3n) is 4.45. The number of aliphatic imine (C=N–C) groups is 1. The summed E-state index contributed by atoms with van der Waals surface area (Å²) >= 11 is 0. The molecule has 3 rings (SSSR count). The number of rotatable bonds is 6. The number of halogens is 1. The Balaban J connectivity index is 0.00000341. The van der Waals surface area contributed by atoms with Crippen molar-refractivity contribution in [2.24, 2.45) is 10.7 Å². The predicted octanol–water partition coefficient (Wildman–Crippen LogP) is 4.53. The molecule has 0 atom stereocenters. The Morgan fingerprint density at radius 3 is 2.29 bits per heavy atom. The Kier molecular flexibility index (Phi) is 7.64. The van der Waals surface area contributed by atoms with Gasteiger partial charge in [0.1, 0.15) is 11.6 Å². The van der Waals surface area contributed by atoms with E-state index in [0.29, 0.717) is 28.4 Å². The monoisotopic (exact) mass is 456 g/mol. The molecule has 0 saturated heterocycles. The molecule has 0 aliphatic rings. The van der Waals surface area contributed by atoms with Crippen LogP contribution in [0.4, 0.5) is 17.1 Å². The average Bonchev–Trinajstić information content (AvgIpc) is 2.79. The molecule has 31 heavy (non-hydrogen) atoms. The molecule has 0 fully saturated rings. The summed E-state index contributed by atoms with van der Waals surface area (Å²) in [5.74, 6) is 0.815. The summed E-state index contributed by atoms with van der Waals surface area (Å²) in [5, 5.41) is 0. The molecule has 7 nitrogen and oxygen atoms in total. The predicted molar refractivity (Wildman–Crippen MR) is 125 cm³/mol. The number of ether oxygens (including phenoxy) is 1. The molecule has 0 unspecified atom stereocenters. The van der Waals surface area contributed by atoms with Crippen molar-refractivity contribution in [2.45, 2.75) is 4.90 Å². The van der Waals surface area contributed by atoms with E-state index in [2.05, 4.69) is 9.84 Å². The summed E-state index contributed by atoms with van der Waals surface area (Å²) in [7, 11) is -0.767. The maximum absolute atomic E-state index is 13.1. The summed E-state index contributed by atoms with van der Waals surface area (Å²) in [6.07, 6.45) is 0. The summed E-state index contributed by atoms with van der Waals surface area (Å²) in [6, 6.07) is 19.7. The zero-order chi connectivity index (χ0) is 21.7. The van der Waals surface area contributed by atoms with Gasteiger partial charge >= 0.3 is 0 Å². The number of nitrogens with two attached hydrogens (primary N) is 1. The molecule has 0 aliphatic carbocycles. The largest absolute Gasteiger partial charge is 0.497 e. The molecule has 0 radical (unpaired) electrons. The highest BCUT2D eigenvalue weighted by Gasteiger charge is 2.22. The number of hydrogen-bond acceptors (Lipinski definition) is 4. The molecule has 0 aromatic heterocycles. The molecule has 0 saturated carbocycles. The average molecular weight is 457 g/mol. The van der Waals surface area contributed by atoms with Crippen LogP contribution in [0.5, 0.6) is 5.75 Å². The highest BCUT2D eigenvalue weighted by Crippen LogP contribution is 2.25. The van der Waals surface area contributed by atoms with Crippen molar-refractivity contribution in [3.63, 3.8) is 0 Å². The van der Waals surface area contributed by atoms with E-state index < -0.39 is 10.0 Å². The van der Waals surface area contributed by atoms with Crippen LogP contribution in [0.3, 0.4) is 0 Å². The van der Waals surface area contributed by atoms with Gasteiger partial charge in [-0.15, -0.1) is 12.4 Å². The van der Waals surface area contributed by atoms with E-state index in [9.17, 15) is 8.42 Å². The number of amidine groups is 1. The van der Waals surface area contributed by atoms with E-state index in [1.54, 1.807) is 67.8 Å². The standard InChI is InChI=1S/C22H20N4O3S.ClH/c1-24-17-7-9-18(10-8-17)25-22(23)16-5-4-6-21(15-16)30(27,28)26(2)19-11-13-20(29-3)14-12-19;/h4-15H,2-3H3,(H2,23,25);1H. The summed E-state index contributed by atoms with van der Waals surface area (Å²) < 4.78 is 32.5. The number of sulfonamides is 1. The quantitative estimate of drug-likeness (QED) is 0.335. The van der Waals surface area contributed by atoms with E-state index in [0.717, 1.165) is 0 Å². The van der Waals surface area contributed by atoms with Crippen molar-refractivity contribution in [2.75, 3.05) is 18.5 Å². The van der Waals surface area contributed by atoms with Crippen LogP contribution in [0, 0.1) is 6.57 Å². The van der Waals surface area contributed by atoms with Gasteiger partial charge in [-0.25, -0.2) is 18.3 Å². The zero-order valence-corrected chi connectivity index (χ0v) is 18.5. The first kappa shape index (κ1) is 23.7. The van der Waals surface area contributed by atoms with Crippen molar-refractivity contribution < 1.29 is 13.2 Å². The van der Waals surface area contributed by atoms with Crippen molar-refractivity contribution in [3.05, 3.63) is 89.8 Å². The fraction of sp³-hybridized carbons (Fsp3) is 0.0909. The van der Waals surface area contributed by atoms with Gasteiger partial charge in [-0.3, -0.25) is 4.31 Å². The molecule has 0 heterocycles. The number of benzene rings is 3. The third-order valence-corrected chi connectivity index (χ3v) is 6.23. The zero-order valence-electron chi connectivity index (χ0n) is 16.9. The SMILES string of the molecule is Cl.[C-]#[N+]c1ccc(N=C(N)c2cccc(S(=O)(=O)N(C)c3ccc(OC)cc3)c2)cc1. The molecule has 160 valence electrons. The molecule has 0 amide bonds. The van der Waals surface area contributed by atoms with Gasteiger partial charge in [0.2, 0.25) is 0 Å². The normalized spacial score (nSPS) is 11.2. The molecule has 0 aliphatic heterocycles. The fourth-order valence-electron chi connectivity index (χ4n) is 2.71. The minimum absolute atomic E-state index is 0. The molecule has 0 spiro atoms. The maximum atomic E-state index is 13.1. The summed E-state index contributed by atoms with van der Waals surface area (Å²) in [5.41, 5.74) is 8.15. The van der Waals surface area contributed by atoms with Gasteiger partial charge in [0.05, 0.1) is 30.0 Å². The lowest BCUT2D eigenvalue weighted by molar-refractivity contribution is 0.415. The Morgan fingerprint density at radius 1 is 1.06 bits per heavy atom. The van der Waals surface area contributed by atoms with Crippen LogP contribution in [0.2, 0.25) is 0 Å². The fourth-order valence-corrected chi connectivity index (χ4v) is 3.95. The Bertz CT molecular complexity index is 1220. The lowest BCUT2D eigenvalue weighted by Crippen LogP contribution is -2.27. The van der Waals surface area contributed by atoms with Gasteiger partial charge in [0.15, 0.2) is 5.69 Å². The van der Waals surface area contributed by atoms with E-state index in [1.807, 2.05) is 0 Å². The summed E-state index contributed by atoms with van der Waals surface area (Å²) in [4.78, 5) is 7.75. The molecular formula is C22H21ClN4O3S. The van der Waals surface area contributed by atoms with E-state index in [4.69, 9.17) is 17.0 Å². The van der Waals surface area contributed by atoms with E-state index in [1.165, 1.54) is 23.5 Å². The van der Waals surface area contributed by atoms with Crippen LogP contribution in [0.15, 0.2) is 82.7 Å². The van der Waals surface area contributed by atoms with Gasteiger partial charge in [-0.05, 0) is 48.5 Å². The molecular weight excluding hydrogens is 436 g/mol. The molecule has 0 bridgehead atoms. The van der Waals surface area contributed by atoms with Crippen molar-refractivity contribution >= 4 is 45.3 Å². The third kappa shape index (κ3) is 5.34. The van der Waals surface area contributed by atoms with E-state index >= 15 is 0 Å². The molecule has 3 aromatic carbocycles. The Labute approximate surface area is 188 Å². The number of nitrogens with zero attached hydrogens (tertiary/aromatic N) is 3. The lowest BCUT2D eigenvalue weighted by atomic mass is 10.2. The molecule has 9 heteroatoms. The topological polar surface area (TPSA) is 89.3 Å². The van der Waals surface area contributed by atoms with Gasteiger partial charge in [0, 0.05) is 12.6 Å². The first-order chi connectivity index (χ1) is 14.3. The minimum Gasteiger partial charge on any atom is -0.497 e. The Hall–Kier alpha value is -3.54. The second-order valence-electron chi connectivity index (χ2n) is 6.32. The van der Waals surface area contributed by atoms with Crippen LogP contribution >= 0.6 is 12.4 Å².